The minimum Gasteiger partial charge on any atom is -0.438 e. The van der Waals surface area contributed by atoms with Crippen LogP contribution in [0.3, 0.4) is 0 Å². The highest BCUT2D eigenvalue weighted by molar-refractivity contribution is 6.99. The SMILES string of the molecule is C=CCN1C(=O)O[C@](C)([C@@H](CC)O[Si](c2ccccc2)(c2ccccc2)C(C)(C)C)[C@H]1[C@@H](C)N. The van der Waals surface area contributed by atoms with Crippen molar-refractivity contribution in [3.8, 4) is 0 Å². The van der Waals surface area contributed by atoms with Crippen molar-refractivity contribution in [2.24, 2.45) is 5.73 Å². The van der Waals surface area contributed by atoms with E-state index in [0.717, 1.165) is 0 Å². The summed E-state index contributed by atoms with van der Waals surface area (Å²) in [6, 6.07) is 20.4. The number of hydrogen-bond acceptors (Lipinski definition) is 4. The van der Waals surface area contributed by atoms with Crippen LogP contribution in [-0.2, 0) is 9.16 Å². The average Bonchev–Trinajstić information content (AvgIpc) is 3.05. The second kappa shape index (κ2) is 10.1. The minimum atomic E-state index is -2.85. The van der Waals surface area contributed by atoms with E-state index in [4.69, 9.17) is 14.9 Å². The summed E-state index contributed by atoms with van der Waals surface area (Å²) in [7, 11) is -2.85. The summed E-state index contributed by atoms with van der Waals surface area (Å²) in [5.74, 6) is 0. The number of ether oxygens (including phenoxy) is 1. The predicted molar refractivity (Wildman–Crippen MR) is 142 cm³/mol. The van der Waals surface area contributed by atoms with Crippen molar-refractivity contribution in [2.45, 2.75) is 76.8 Å². The molecule has 1 heterocycles. The zero-order chi connectivity index (χ0) is 25.1. The van der Waals surface area contributed by atoms with E-state index in [0.29, 0.717) is 13.0 Å². The lowest BCUT2D eigenvalue weighted by Gasteiger charge is -2.49. The Bertz CT molecular complexity index is 935. The molecule has 0 aliphatic carbocycles. The maximum absolute atomic E-state index is 13.0. The van der Waals surface area contributed by atoms with Gasteiger partial charge in [0.25, 0.3) is 8.32 Å². The van der Waals surface area contributed by atoms with Crippen LogP contribution in [0.25, 0.3) is 0 Å². The Morgan fingerprint density at radius 1 is 1.15 bits per heavy atom. The molecule has 1 saturated heterocycles. The van der Waals surface area contributed by atoms with Crippen LogP contribution in [0.4, 0.5) is 4.79 Å². The average molecular weight is 481 g/mol. The minimum absolute atomic E-state index is 0.188. The molecule has 0 spiro atoms. The summed E-state index contributed by atoms with van der Waals surface area (Å²) in [6.07, 6.45) is 1.67. The molecule has 2 aromatic carbocycles. The van der Waals surface area contributed by atoms with Crippen molar-refractivity contribution in [1.82, 2.24) is 4.90 Å². The molecule has 0 saturated carbocycles. The monoisotopic (exact) mass is 480 g/mol. The van der Waals surface area contributed by atoms with Crippen LogP contribution >= 0.6 is 0 Å². The summed E-state index contributed by atoms with van der Waals surface area (Å²) in [4.78, 5) is 14.7. The van der Waals surface area contributed by atoms with Gasteiger partial charge in [0.15, 0.2) is 5.60 Å². The quantitative estimate of drug-likeness (QED) is 0.425. The summed E-state index contributed by atoms with van der Waals surface area (Å²) in [5.41, 5.74) is 5.56. The van der Waals surface area contributed by atoms with E-state index in [2.05, 4.69) is 82.8 Å². The summed E-state index contributed by atoms with van der Waals surface area (Å²) < 4.78 is 13.5. The van der Waals surface area contributed by atoms with Crippen LogP contribution in [0.5, 0.6) is 0 Å². The highest BCUT2D eigenvalue weighted by Crippen LogP contribution is 2.43. The van der Waals surface area contributed by atoms with Gasteiger partial charge in [-0.25, -0.2) is 4.79 Å². The number of rotatable bonds is 9. The molecular weight excluding hydrogens is 440 g/mol. The van der Waals surface area contributed by atoms with Crippen LogP contribution in [0.15, 0.2) is 73.3 Å². The Morgan fingerprint density at radius 3 is 2.03 bits per heavy atom. The molecule has 2 aromatic rings. The smallest absolute Gasteiger partial charge is 0.411 e. The number of cyclic esters (lactones) is 1. The highest BCUT2D eigenvalue weighted by Gasteiger charge is 2.60. The third kappa shape index (κ3) is 4.47. The lowest BCUT2D eigenvalue weighted by molar-refractivity contribution is -0.0559. The predicted octanol–water partition coefficient (Wildman–Crippen LogP) is 4.45. The number of hydrogen-bond donors (Lipinski definition) is 1. The molecule has 4 atom stereocenters. The molecular formula is C28H40N2O3Si. The highest BCUT2D eigenvalue weighted by atomic mass is 28.4. The summed E-state index contributed by atoms with van der Waals surface area (Å²) in [5, 5.41) is 2.20. The third-order valence-electron chi connectivity index (χ3n) is 7.03. The summed E-state index contributed by atoms with van der Waals surface area (Å²) in [6.45, 7) is 17.0. The van der Waals surface area contributed by atoms with Gasteiger partial charge in [-0.1, -0.05) is 94.4 Å². The van der Waals surface area contributed by atoms with Crippen LogP contribution in [0.2, 0.25) is 5.04 Å². The first-order chi connectivity index (χ1) is 16.0. The standard InChI is InChI=1S/C28H40N2O3Si/c1-8-20-30-25(21(3)29)28(7,32-26(30)31)24(9-2)33-34(27(4,5)6,22-16-12-10-13-17-22)23-18-14-11-15-19-23/h8,10-19,21,24-25H,1,9,20,29H2,2-7H3/t21-,24-,25-,28-/m1/s1. The first-order valence-electron chi connectivity index (χ1n) is 12.2. The second-order valence-corrected chi connectivity index (χ2v) is 14.7. The molecule has 0 unspecified atom stereocenters. The molecule has 6 heteroatoms. The third-order valence-corrected chi connectivity index (χ3v) is 12.1. The maximum Gasteiger partial charge on any atom is 0.411 e. The molecule has 0 bridgehead atoms. The number of nitrogens with two attached hydrogens (primary N) is 1. The Morgan fingerprint density at radius 2 is 1.65 bits per heavy atom. The van der Waals surface area contributed by atoms with Crippen molar-refractivity contribution in [2.75, 3.05) is 6.54 Å². The van der Waals surface area contributed by atoms with Gasteiger partial charge in [-0.2, -0.15) is 0 Å². The zero-order valence-electron chi connectivity index (χ0n) is 21.5. The Hall–Kier alpha value is -2.41. The van der Waals surface area contributed by atoms with Crippen LogP contribution in [-0.4, -0.2) is 49.6 Å². The van der Waals surface area contributed by atoms with Gasteiger partial charge in [-0.15, -0.1) is 6.58 Å². The first kappa shape index (κ1) is 26.2. The fourth-order valence-electron chi connectivity index (χ4n) is 5.63. The van der Waals surface area contributed by atoms with Gasteiger partial charge < -0.3 is 14.9 Å². The lowest BCUT2D eigenvalue weighted by Crippen LogP contribution is -2.70. The van der Waals surface area contributed by atoms with Gasteiger partial charge in [-0.3, -0.25) is 4.90 Å². The van der Waals surface area contributed by atoms with E-state index in [1.807, 2.05) is 26.0 Å². The van der Waals surface area contributed by atoms with Crippen LogP contribution in [0.1, 0.15) is 48.0 Å². The number of carbonyl (C=O) groups excluding carboxylic acids is 1. The van der Waals surface area contributed by atoms with E-state index in [9.17, 15) is 4.79 Å². The van der Waals surface area contributed by atoms with Crippen molar-refractivity contribution in [3.63, 3.8) is 0 Å². The molecule has 34 heavy (non-hydrogen) atoms. The van der Waals surface area contributed by atoms with Gasteiger partial charge in [0.05, 0.1) is 12.1 Å². The van der Waals surface area contributed by atoms with Gasteiger partial charge >= 0.3 is 6.09 Å². The van der Waals surface area contributed by atoms with Crippen LogP contribution in [0, 0.1) is 0 Å². The van der Waals surface area contributed by atoms with E-state index in [1.165, 1.54) is 10.4 Å². The first-order valence-corrected chi connectivity index (χ1v) is 14.1. The topological polar surface area (TPSA) is 64.8 Å². The Kier molecular flexibility index (Phi) is 7.75. The van der Waals surface area contributed by atoms with Crippen molar-refractivity contribution in [1.29, 1.82) is 0 Å². The Labute approximate surface area is 206 Å². The molecule has 1 fully saturated rings. The van der Waals surface area contributed by atoms with Crippen molar-refractivity contribution in [3.05, 3.63) is 73.3 Å². The zero-order valence-corrected chi connectivity index (χ0v) is 22.5. The van der Waals surface area contributed by atoms with Gasteiger partial charge in [0, 0.05) is 12.6 Å². The van der Waals surface area contributed by atoms with E-state index >= 15 is 0 Å². The fourth-order valence-corrected chi connectivity index (χ4v) is 10.5. The molecule has 3 rings (SSSR count). The lowest BCUT2D eigenvalue weighted by atomic mass is 9.85. The van der Waals surface area contributed by atoms with Gasteiger partial charge in [-0.05, 0) is 35.7 Å². The Balaban J connectivity index is 2.20. The largest absolute Gasteiger partial charge is 0.438 e. The molecule has 1 aliphatic rings. The van der Waals surface area contributed by atoms with E-state index < -0.39 is 13.9 Å². The second-order valence-electron chi connectivity index (χ2n) is 10.5. The normalized spacial score (nSPS) is 22.9. The van der Waals surface area contributed by atoms with Crippen molar-refractivity contribution < 1.29 is 14.0 Å². The van der Waals surface area contributed by atoms with E-state index in [1.54, 1.807) is 11.0 Å². The molecule has 1 aliphatic heterocycles. The number of nitrogens with zero attached hydrogens (tertiary/aromatic N) is 1. The fraction of sp³-hybridized carbons (Fsp3) is 0.464. The number of carbonyl (C=O) groups is 1. The van der Waals surface area contributed by atoms with Crippen LogP contribution < -0.4 is 16.1 Å². The van der Waals surface area contributed by atoms with Crippen molar-refractivity contribution >= 4 is 24.8 Å². The number of amides is 1. The molecule has 5 nitrogen and oxygen atoms in total. The molecule has 0 aromatic heterocycles. The van der Waals surface area contributed by atoms with E-state index in [-0.39, 0.29) is 29.3 Å². The van der Waals surface area contributed by atoms with Gasteiger partial charge in [0.1, 0.15) is 0 Å². The summed E-state index contributed by atoms with van der Waals surface area (Å²) >= 11 is 0. The molecule has 0 radical (unpaired) electrons. The maximum atomic E-state index is 13.0. The number of benzene rings is 2. The molecule has 1 amide bonds. The van der Waals surface area contributed by atoms with Gasteiger partial charge in [0.2, 0.25) is 0 Å². The molecule has 2 N–H and O–H groups in total. The molecule has 184 valence electrons.